The van der Waals surface area contributed by atoms with E-state index in [1.807, 2.05) is 42.5 Å². The van der Waals surface area contributed by atoms with Crippen LogP contribution in [0.15, 0.2) is 54.6 Å². The van der Waals surface area contributed by atoms with E-state index in [1.54, 1.807) is 0 Å². The number of carbonyl (C=O) groups is 1. The van der Waals surface area contributed by atoms with E-state index < -0.39 is 0 Å². The molecule has 0 radical (unpaired) electrons. The van der Waals surface area contributed by atoms with E-state index in [4.69, 9.17) is 0 Å². The monoisotopic (exact) mass is 351 g/mol. The van der Waals surface area contributed by atoms with Crippen molar-refractivity contribution in [3.63, 3.8) is 0 Å². The lowest BCUT2D eigenvalue weighted by Gasteiger charge is -2.05. The van der Waals surface area contributed by atoms with Crippen LogP contribution in [-0.2, 0) is 6.42 Å². The molecule has 1 N–H and O–H groups in total. The van der Waals surface area contributed by atoms with Gasteiger partial charge in [-0.25, -0.2) is 0 Å². The molecule has 0 unspecified atom stereocenters. The molecule has 0 aliphatic heterocycles. The van der Waals surface area contributed by atoms with Crippen LogP contribution in [0.1, 0.15) is 15.9 Å². The highest BCUT2D eigenvalue weighted by atomic mass is 127. The lowest BCUT2D eigenvalue weighted by Crippen LogP contribution is -2.25. The van der Waals surface area contributed by atoms with Gasteiger partial charge in [0, 0.05) is 15.7 Å². The van der Waals surface area contributed by atoms with Crippen LogP contribution < -0.4 is 5.32 Å². The van der Waals surface area contributed by atoms with E-state index >= 15 is 0 Å². The summed E-state index contributed by atoms with van der Waals surface area (Å²) in [6, 6.07) is 17.7. The predicted molar refractivity (Wildman–Crippen MR) is 81.6 cm³/mol. The van der Waals surface area contributed by atoms with Crippen LogP contribution in [0.2, 0.25) is 0 Å². The molecule has 2 rings (SSSR count). The predicted octanol–water partition coefficient (Wildman–Crippen LogP) is 3.26. The second kappa shape index (κ2) is 6.54. The summed E-state index contributed by atoms with van der Waals surface area (Å²) in [4.78, 5) is 11.9. The van der Waals surface area contributed by atoms with Gasteiger partial charge < -0.3 is 5.32 Å². The molecule has 0 heterocycles. The van der Waals surface area contributed by atoms with Gasteiger partial charge in [0.1, 0.15) is 0 Å². The van der Waals surface area contributed by atoms with Gasteiger partial charge in [0.25, 0.3) is 5.91 Å². The zero-order valence-corrected chi connectivity index (χ0v) is 12.1. The van der Waals surface area contributed by atoms with E-state index in [0.29, 0.717) is 6.54 Å². The van der Waals surface area contributed by atoms with Crippen molar-refractivity contribution in [1.82, 2.24) is 5.32 Å². The first-order chi connectivity index (χ1) is 8.75. The van der Waals surface area contributed by atoms with Crippen molar-refractivity contribution < 1.29 is 4.79 Å². The van der Waals surface area contributed by atoms with Crippen molar-refractivity contribution in [2.45, 2.75) is 6.42 Å². The van der Waals surface area contributed by atoms with Gasteiger partial charge >= 0.3 is 0 Å². The minimum absolute atomic E-state index is 0.00977. The summed E-state index contributed by atoms with van der Waals surface area (Å²) in [5, 5.41) is 2.93. The molecule has 0 spiro atoms. The molecule has 92 valence electrons. The zero-order valence-electron chi connectivity index (χ0n) is 9.90. The molecule has 0 atom stereocenters. The molecular weight excluding hydrogens is 337 g/mol. The number of carbonyl (C=O) groups excluding carboxylic acids is 1. The van der Waals surface area contributed by atoms with Crippen molar-refractivity contribution in [3.8, 4) is 0 Å². The van der Waals surface area contributed by atoms with Gasteiger partial charge in [-0.05, 0) is 52.8 Å². The smallest absolute Gasteiger partial charge is 0.251 e. The Bertz CT molecular complexity index is 525. The Morgan fingerprint density at radius 2 is 1.83 bits per heavy atom. The highest BCUT2D eigenvalue weighted by molar-refractivity contribution is 14.1. The third-order valence-electron chi connectivity index (χ3n) is 2.63. The average molecular weight is 351 g/mol. The average Bonchev–Trinajstić information content (AvgIpc) is 2.40. The Labute approximate surface area is 121 Å². The van der Waals surface area contributed by atoms with Crippen molar-refractivity contribution >= 4 is 28.5 Å². The molecule has 2 aromatic rings. The maximum atomic E-state index is 11.9. The minimum atomic E-state index is -0.00977. The van der Waals surface area contributed by atoms with Crippen LogP contribution in [0.5, 0.6) is 0 Å². The molecule has 18 heavy (non-hydrogen) atoms. The fourth-order valence-electron chi connectivity index (χ4n) is 1.70. The van der Waals surface area contributed by atoms with Gasteiger partial charge in [-0.3, -0.25) is 4.79 Å². The van der Waals surface area contributed by atoms with Crippen LogP contribution in [0.3, 0.4) is 0 Å². The van der Waals surface area contributed by atoms with Crippen LogP contribution in [0, 0.1) is 3.57 Å². The van der Waals surface area contributed by atoms with Gasteiger partial charge in [-0.1, -0.05) is 36.4 Å². The number of amides is 1. The largest absolute Gasteiger partial charge is 0.352 e. The van der Waals surface area contributed by atoms with Crippen molar-refractivity contribution in [2.24, 2.45) is 0 Å². The fraction of sp³-hybridized carbons (Fsp3) is 0.133. The van der Waals surface area contributed by atoms with Crippen LogP contribution >= 0.6 is 22.6 Å². The molecular formula is C15H14INO. The summed E-state index contributed by atoms with van der Waals surface area (Å²) >= 11 is 2.21. The molecule has 0 aliphatic rings. The zero-order chi connectivity index (χ0) is 12.8. The van der Waals surface area contributed by atoms with Gasteiger partial charge in [0.15, 0.2) is 0 Å². The van der Waals surface area contributed by atoms with Crippen LogP contribution in [0.25, 0.3) is 0 Å². The summed E-state index contributed by atoms with van der Waals surface area (Å²) < 4.78 is 1.07. The number of hydrogen-bond donors (Lipinski definition) is 1. The van der Waals surface area contributed by atoms with Crippen molar-refractivity contribution in [1.29, 1.82) is 0 Å². The van der Waals surface area contributed by atoms with E-state index in [1.165, 1.54) is 5.56 Å². The van der Waals surface area contributed by atoms with Gasteiger partial charge in [-0.15, -0.1) is 0 Å². The Balaban J connectivity index is 1.86. The Morgan fingerprint density at radius 1 is 1.06 bits per heavy atom. The number of nitrogens with one attached hydrogen (secondary N) is 1. The molecule has 0 aromatic heterocycles. The van der Waals surface area contributed by atoms with Gasteiger partial charge in [-0.2, -0.15) is 0 Å². The first kappa shape index (κ1) is 13.1. The normalized spacial score (nSPS) is 10.1. The summed E-state index contributed by atoms with van der Waals surface area (Å²) in [5.41, 5.74) is 1.95. The molecule has 0 fully saturated rings. The maximum absolute atomic E-state index is 11.9. The SMILES string of the molecule is O=C(NCCc1ccccc1)c1cccc(I)c1. The lowest BCUT2D eigenvalue weighted by molar-refractivity contribution is 0.0954. The molecule has 0 bridgehead atoms. The van der Waals surface area contributed by atoms with Crippen molar-refractivity contribution in [3.05, 3.63) is 69.3 Å². The first-order valence-electron chi connectivity index (χ1n) is 5.83. The molecule has 1 amide bonds. The van der Waals surface area contributed by atoms with Gasteiger partial charge in [0.2, 0.25) is 0 Å². The molecule has 2 aromatic carbocycles. The highest BCUT2D eigenvalue weighted by Crippen LogP contribution is 2.07. The number of hydrogen-bond acceptors (Lipinski definition) is 1. The van der Waals surface area contributed by atoms with Gasteiger partial charge in [0.05, 0.1) is 0 Å². The summed E-state index contributed by atoms with van der Waals surface area (Å²) in [7, 11) is 0. The third-order valence-corrected chi connectivity index (χ3v) is 3.30. The Hall–Kier alpha value is -1.36. The molecule has 0 saturated carbocycles. The van der Waals surface area contributed by atoms with E-state index in [-0.39, 0.29) is 5.91 Å². The molecule has 0 aliphatic carbocycles. The maximum Gasteiger partial charge on any atom is 0.251 e. The van der Waals surface area contributed by atoms with E-state index in [2.05, 4.69) is 40.0 Å². The summed E-state index contributed by atoms with van der Waals surface area (Å²) in [6.45, 7) is 0.661. The number of halogens is 1. The second-order valence-electron chi connectivity index (χ2n) is 4.00. The van der Waals surface area contributed by atoms with Crippen molar-refractivity contribution in [2.75, 3.05) is 6.54 Å². The highest BCUT2D eigenvalue weighted by Gasteiger charge is 2.04. The third kappa shape index (κ3) is 3.84. The fourth-order valence-corrected chi connectivity index (χ4v) is 2.24. The molecule has 2 nitrogen and oxygen atoms in total. The molecule has 0 saturated heterocycles. The topological polar surface area (TPSA) is 29.1 Å². The molecule has 3 heteroatoms. The standard InChI is InChI=1S/C15H14INO/c16-14-8-4-7-13(11-14)15(18)17-10-9-12-5-2-1-3-6-12/h1-8,11H,9-10H2,(H,17,18). The minimum Gasteiger partial charge on any atom is -0.352 e. The van der Waals surface area contributed by atoms with Crippen LogP contribution in [-0.4, -0.2) is 12.5 Å². The first-order valence-corrected chi connectivity index (χ1v) is 6.91. The van der Waals surface area contributed by atoms with E-state index in [9.17, 15) is 4.79 Å². The second-order valence-corrected chi connectivity index (χ2v) is 5.25. The quantitative estimate of drug-likeness (QED) is 0.842. The lowest BCUT2D eigenvalue weighted by atomic mass is 10.1. The van der Waals surface area contributed by atoms with Crippen LogP contribution in [0.4, 0.5) is 0 Å². The van der Waals surface area contributed by atoms with E-state index in [0.717, 1.165) is 15.6 Å². The Kier molecular flexibility index (Phi) is 4.75. The summed E-state index contributed by atoms with van der Waals surface area (Å²) in [5.74, 6) is -0.00977. The number of rotatable bonds is 4. The number of benzene rings is 2. The Morgan fingerprint density at radius 3 is 2.56 bits per heavy atom. The summed E-state index contributed by atoms with van der Waals surface area (Å²) in [6.07, 6.45) is 0.858.